The number of piperazine rings is 1. The number of carbonyl (C=O) groups is 1. The van der Waals surface area contributed by atoms with Crippen molar-refractivity contribution in [3.8, 4) is 0 Å². The Morgan fingerprint density at radius 2 is 1.68 bits per heavy atom. The Hall–Kier alpha value is -3.06. The standard InChI is InChI=1S/C21H23N5O2/c27-20(10-9-18-21(28)26-11-5-4-8-19(26)23-22-18)25-14-12-24(13-15-25)16-17-6-2-1-3-7-17/h1-8,11H,9-10,12-16H2. The first-order valence-corrected chi connectivity index (χ1v) is 9.58. The number of aryl methyl sites for hydroxylation is 1. The van der Waals surface area contributed by atoms with Crippen molar-refractivity contribution in [2.75, 3.05) is 26.2 Å². The lowest BCUT2D eigenvalue weighted by Gasteiger charge is -2.34. The Bertz CT molecular complexity index is 1010. The SMILES string of the molecule is O=C(CCc1nnc2ccccn2c1=O)N1CCN(Cc2ccccc2)CC1. The molecule has 0 spiro atoms. The van der Waals surface area contributed by atoms with Crippen molar-refractivity contribution in [1.29, 1.82) is 0 Å². The quantitative estimate of drug-likeness (QED) is 0.672. The highest BCUT2D eigenvalue weighted by Crippen LogP contribution is 2.10. The van der Waals surface area contributed by atoms with Crippen LogP contribution in [0.4, 0.5) is 0 Å². The smallest absolute Gasteiger partial charge is 0.279 e. The zero-order chi connectivity index (χ0) is 19.3. The Kier molecular flexibility index (Phi) is 5.43. The van der Waals surface area contributed by atoms with Crippen LogP contribution in [0, 0.1) is 0 Å². The van der Waals surface area contributed by atoms with Gasteiger partial charge in [0.15, 0.2) is 5.65 Å². The first-order chi connectivity index (χ1) is 13.7. The van der Waals surface area contributed by atoms with Crippen LogP contribution in [0.5, 0.6) is 0 Å². The predicted octanol–water partition coefficient (Wildman–Crippen LogP) is 1.37. The van der Waals surface area contributed by atoms with E-state index in [1.54, 1.807) is 18.3 Å². The molecule has 1 aliphatic heterocycles. The fraction of sp³-hybridized carbons (Fsp3) is 0.333. The number of hydrogen-bond donors (Lipinski definition) is 0. The highest BCUT2D eigenvalue weighted by Gasteiger charge is 2.21. The lowest BCUT2D eigenvalue weighted by atomic mass is 10.2. The zero-order valence-corrected chi connectivity index (χ0v) is 15.7. The number of benzene rings is 1. The molecule has 1 aliphatic rings. The molecule has 1 amide bonds. The fourth-order valence-electron chi connectivity index (χ4n) is 3.52. The molecule has 0 unspecified atom stereocenters. The highest BCUT2D eigenvalue weighted by molar-refractivity contribution is 5.76. The lowest BCUT2D eigenvalue weighted by Crippen LogP contribution is -2.48. The number of hydrogen-bond acceptors (Lipinski definition) is 5. The van der Waals surface area contributed by atoms with Crippen LogP contribution in [0.1, 0.15) is 17.7 Å². The molecule has 144 valence electrons. The summed E-state index contributed by atoms with van der Waals surface area (Å²) in [7, 11) is 0. The highest BCUT2D eigenvalue weighted by atomic mass is 16.2. The molecule has 0 atom stereocenters. The van der Waals surface area contributed by atoms with E-state index in [4.69, 9.17) is 0 Å². The summed E-state index contributed by atoms with van der Waals surface area (Å²) in [4.78, 5) is 29.3. The summed E-state index contributed by atoms with van der Waals surface area (Å²) in [6.45, 7) is 4.06. The normalized spacial score (nSPS) is 15.1. The molecule has 0 N–H and O–H groups in total. The second-order valence-electron chi connectivity index (χ2n) is 7.02. The first kappa shape index (κ1) is 18.3. The van der Waals surface area contributed by atoms with Gasteiger partial charge < -0.3 is 4.90 Å². The van der Waals surface area contributed by atoms with Gasteiger partial charge >= 0.3 is 0 Å². The van der Waals surface area contributed by atoms with Crippen LogP contribution in [0.3, 0.4) is 0 Å². The molecule has 0 bridgehead atoms. The molecule has 1 fully saturated rings. The van der Waals surface area contributed by atoms with Crippen molar-refractivity contribution in [1.82, 2.24) is 24.4 Å². The summed E-state index contributed by atoms with van der Waals surface area (Å²) in [5.74, 6) is 0.0683. The second-order valence-corrected chi connectivity index (χ2v) is 7.02. The molecule has 28 heavy (non-hydrogen) atoms. The largest absolute Gasteiger partial charge is 0.340 e. The Morgan fingerprint density at radius 1 is 0.929 bits per heavy atom. The average molecular weight is 377 g/mol. The summed E-state index contributed by atoms with van der Waals surface area (Å²) in [5.41, 5.74) is 1.93. The summed E-state index contributed by atoms with van der Waals surface area (Å²) >= 11 is 0. The van der Waals surface area contributed by atoms with E-state index in [2.05, 4.69) is 27.2 Å². The van der Waals surface area contributed by atoms with E-state index in [0.717, 1.165) is 19.6 Å². The molecule has 1 aromatic carbocycles. The van der Waals surface area contributed by atoms with Crippen LogP contribution < -0.4 is 5.56 Å². The molecule has 7 heteroatoms. The van der Waals surface area contributed by atoms with Crippen LogP contribution >= 0.6 is 0 Å². The number of pyridine rings is 1. The van der Waals surface area contributed by atoms with Crippen molar-refractivity contribution < 1.29 is 4.79 Å². The van der Waals surface area contributed by atoms with Gasteiger partial charge in [0.1, 0.15) is 5.69 Å². The van der Waals surface area contributed by atoms with Crippen molar-refractivity contribution in [2.45, 2.75) is 19.4 Å². The van der Waals surface area contributed by atoms with Crippen molar-refractivity contribution in [3.05, 3.63) is 76.3 Å². The van der Waals surface area contributed by atoms with Gasteiger partial charge in [-0.05, 0) is 17.7 Å². The van der Waals surface area contributed by atoms with E-state index in [9.17, 15) is 9.59 Å². The third-order valence-electron chi connectivity index (χ3n) is 5.13. The maximum Gasteiger partial charge on any atom is 0.279 e. The van der Waals surface area contributed by atoms with Crippen molar-refractivity contribution >= 4 is 11.6 Å². The van der Waals surface area contributed by atoms with Gasteiger partial charge in [-0.15, -0.1) is 10.2 Å². The maximum atomic E-state index is 12.6. The minimum atomic E-state index is -0.203. The van der Waals surface area contributed by atoms with Gasteiger partial charge in [0.2, 0.25) is 5.91 Å². The Balaban J connectivity index is 1.30. The van der Waals surface area contributed by atoms with E-state index in [0.29, 0.717) is 30.9 Å². The molecule has 3 heterocycles. The number of nitrogens with zero attached hydrogens (tertiary/aromatic N) is 5. The van der Waals surface area contributed by atoms with Crippen LogP contribution in [-0.2, 0) is 17.8 Å². The van der Waals surface area contributed by atoms with E-state index in [-0.39, 0.29) is 17.9 Å². The van der Waals surface area contributed by atoms with Gasteiger partial charge in [-0.3, -0.25) is 18.9 Å². The third kappa shape index (κ3) is 4.09. The second kappa shape index (κ2) is 8.31. The fourth-order valence-corrected chi connectivity index (χ4v) is 3.52. The number of aromatic nitrogens is 3. The van der Waals surface area contributed by atoms with E-state index >= 15 is 0 Å². The molecular formula is C21H23N5O2. The van der Waals surface area contributed by atoms with Crippen LogP contribution in [0.25, 0.3) is 5.65 Å². The Morgan fingerprint density at radius 3 is 2.46 bits per heavy atom. The topological polar surface area (TPSA) is 70.8 Å². The van der Waals surface area contributed by atoms with E-state index < -0.39 is 0 Å². The predicted molar refractivity (Wildman–Crippen MR) is 106 cm³/mol. The zero-order valence-electron chi connectivity index (χ0n) is 15.7. The van der Waals surface area contributed by atoms with Gasteiger partial charge in [0.25, 0.3) is 5.56 Å². The molecule has 4 rings (SSSR count). The van der Waals surface area contributed by atoms with E-state index in [1.807, 2.05) is 29.2 Å². The van der Waals surface area contributed by atoms with Gasteiger partial charge in [-0.1, -0.05) is 36.4 Å². The number of rotatable bonds is 5. The number of fused-ring (bicyclic) bond motifs is 1. The molecule has 0 radical (unpaired) electrons. The van der Waals surface area contributed by atoms with Gasteiger partial charge in [-0.2, -0.15) is 0 Å². The van der Waals surface area contributed by atoms with Crippen molar-refractivity contribution in [2.24, 2.45) is 0 Å². The van der Waals surface area contributed by atoms with E-state index in [1.165, 1.54) is 9.96 Å². The average Bonchev–Trinajstić information content (AvgIpc) is 2.74. The minimum Gasteiger partial charge on any atom is -0.340 e. The lowest BCUT2D eigenvalue weighted by molar-refractivity contribution is -0.133. The maximum absolute atomic E-state index is 12.6. The molecular weight excluding hydrogens is 354 g/mol. The number of carbonyl (C=O) groups excluding carboxylic acids is 1. The molecule has 1 saturated heterocycles. The summed E-state index contributed by atoms with van der Waals surface area (Å²) < 4.78 is 1.47. The first-order valence-electron chi connectivity index (χ1n) is 9.58. The van der Waals surface area contributed by atoms with Crippen LogP contribution in [0.15, 0.2) is 59.5 Å². The summed E-state index contributed by atoms with van der Waals surface area (Å²) in [6, 6.07) is 15.7. The monoisotopic (exact) mass is 377 g/mol. The van der Waals surface area contributed by atoms with Crippen LogP contribution in [0.2, 0.25) is 0 Å². The number of amides is 1. The minimum absolute atomic E-state index is 0.0683. The molecule has 2 aromatic heterocycles. The van der Waals surface area contributed by atoms with Gasteiger partial charge in [-0.25, -0.2) is 0 Å². The molecule has 7 nitrogen and oxygen atoms in total. The van der Waals surface area contributed by atoms with Crippen molar-refractivity contribution in [3.63, 3.8) is 0 Å². The molecule has 3 aromatic rings. The molecule has 0 aliphatic carbocycles. The van der Waals surface area contributed by atoms with Gasteiger partial charge in [0, 0.05) is 51.8 Å². The third-order valence-corrected chi connectivity index (χ3v) is 5.13. The van der Waals surface area contributed by atoms with Crippen LogP contribution in [-0.4, -0.2) is 56.5 Å². The summed E-state index contributed by atoms with van der Waals surface area (Å²) in [6.07, 6.45) is 2.26. The Labute approximate surface area is 163 Å². The van der Waals surface area contributed by atoms with Gasteiger partial charge in [0.05, 0.1) is 0 Å². The summed E-state index contributed by atoms with van der Waals surface area (Å²) in [5, 5.41) is 8.08. The molecule has 0 saturated carbocycles.